The van der Waals surface area contributed by atoms with Gasteiger partial charge >= 0.3 is 0 Å². The Morgan fingerprint density at radius 2 is 1.22 bits per heavy atom. The Labute approximate surface area is 158 Å². The fraction of sp³-hybridized carbons (Fsp3) is 0.333. The Morgan fingerprint density at radius 1 is 0.852 bits per heavy atom. The molecule has 2 aromatic rings. The van der Waals surface area contributed by atoms with Crippen LogP contribution in [0, 0.1) is 0 Å². The number of nitrogen functional groups attached to an aromatic ring is 2. The molecule has 2 atom stereocenters. The van der Waals surface area contributed by atoms with Gasteiger partial charge in [0, 0.05) is 0 Å². The van der Waals surface area contributed by atoms with E-state index in [9.17, 15) is 18.6 Å². The summed E-state index contributed by atoms with van der Waals surface area (Å²) in [7, 11) is -1.14. The van der Waals surface area contributed by atoms with Crippen LogP contribution in [0.15, 0.2) is 36.4 Å². The lowest BCUT2D eigenvalue weighted by atomic mass is 10.1. The Hall–Kier alpha value is -2.49. The minimum atomic E-state index is -4.03. The lowest BCUT2D eigenvalue weighted by Crippen LogP contribution is -2.26. The molecule has 0 spiro atoms. The molecule has 0 aliphatic heterocycles. The molecule has 0 fully saturated rings. The van der Waals surface area contributed by atoms with Crippen molar-refractivity contribution in [3.05, 3.63) is 47.5 Å². The fourth-order valence-electron chi connectivity index (χ4n) is 2.90. The van der Waals surface area contributed by atoms with Crippen molar-refractivity contribution in [1.82, 2.24) is 0 Å². The second-order valence-corrected chi connectivity index (χ2v) is 8.25. The molecular weight excluding hydrogens is 372 g/mol. The van der Waals surface area contributed by atoms with Crippen molar-refractivity contribution in [3.8, 4) is 11.5 Å². The van der Waals surface area contributed by atoms with Gasteiger partial charge in [-0.15, -0.1) is 0 Å². The zero-order valence-corrected chi connectivity index (χ0v) is 15.9. The van der Waals surface area contributed by atoms with Gasteiger partial charge in [-0.1, -0.05) is 12.1 Å². The monoisotopic (exact) mass is 396 g/mol. The summed E-state index contributed by atoms with van der Waals surface area (Å²) in [4.78, 5) is 0. The molecule has 0 bridgehead atoms. The van der Waals surface area contributed by atoms with Gasteiger partial charge in [0.05, 0.1) is 38.8 Å². The highest BCUT2D eigenvalue weighted by molar-refractivity contribution is 7.92. The number of ether oxygens (including phenoxy) is 2. The van der Waals surface area contributed by atoms with E-state index in [0.717, 1.165) is 0 Å². The Bertz CT molecular complexity index is 833. The summed E-state index contributed by atoms with van der Waals surface area (Å²) < 4.78 is 36.5. The van der Waals surface area contributed by atoms with Gasteiger partial charge in [0.25, 0.3) is 0 Å². The highest BCUT2D eigenvalue weighted by Gasteiger charge is 2.36. The summed E-state index contributed by atoms with van der Waals surface area (Å²) in [5.74, 6) is 0.795. The summed E-state index contributed by atoms with van der Waals surface area (Å²) in [5.41, 5.74) is 12.8. The van der Waals surface area contributed by atoms with Crippen molar-refractivity contribution < 1.29 is 28.1 Å². The van der Waals surface area contributed by atoms with Gasteiger partial charge in [-0.25, -0.2) is 8.42 Å². The summed E-state index contributed by atoms with van der Waals surface area (Å²) in [6.07, 6.45) is 0. The number of aliphatic hydroxyl groups is 2. The van der Waals surface area contributed by atoms with Crippen molar-refractivity contribution in [1.29, 1.82) is 0 Å². The van der Waals surface area contributed by atoms with Crippen molar-refractivity contribution in [2.75, 3.05) is 38.9 Å². The second kappa shape index (κ2) is 8.47. The molecule has 9 heteroatoms. The molecule has 148 valence electrons. The molecule has 0 saturated carbocycles. The van der Waals surface area contributed by atoms with E-state index in [0.29, 0.717) is 22.6 Å². The maximum absolute atomic E-state index is 13.2. The van der Waals surface area contributed by atoms with Crippen LogP contribution in [0.4, 0.5) is 11.4 Å². The number of methoxy groups -OCH3 is 2. The number of anilines is 2. The van der Waals surface area contributed by atoms with Gasteiger partial charge in [0.2, 0.25) is 0 Å². The summed E-state index contributed by atoms with van der Waals surface area (Å²) in [6, 6.07) is 8.97. The number of aliphatic hydroxyl groups excluding tert-OH is 2. The lowest BCUT2D eigenvalue weighted by molar-refractivity contribution is 0.278. The maximum atomic E-state index is 13.2. The van der Waals surface area contributed by atoms with Gasteiger partial charge in [0.1, 0.15) is 22.0 Å². The van der Waals surface area contributed by atoms with Gasteiger partial charge in [-0.3, -0.25) is 0 Å². The van der Waals surface area contributed by atoms with Crippen LogP contribution in [-0.2, 0) is 9.84 Å². The lowest BCUT2D eigenvalue weighted by Gasteiger charge is -2.23. The first-order valence-corrected chi connectivity index (χ1v) is 9.72. The third kappa shape index (κ3) is 4.10. The molecule has 0 aromatic heterocycles. The summed E-state index contributed by atoms with van der Waals surface area (Å²) in [6.45, 7) is -1.34. The Balaban J connectivity index is 2.48. The number of sulfone groups is 1. The highest BCUT2D eigenvalue weighted by Crippen LogP contribution is 2.37. The van der Waals surface area contributed by atoms with Gasteiger partial charge in [-0.2, -0.15) is 0 Å². The average Bonchev–Trinajstić information content (AvgIpc) is 2.62. The molecule has 6 N–H and O–H groups in total. The fourth-order valence-corrected chi connectivity index (χ4v) is 4.77. The van der Waals surface area contributed by atoms with Crippen LogP contribution in [0.25, 0.3) is 0 Å². The van der Waals surface area contributed by atoms with Gasteiger partial charge in [-0.05, 0) is 35.4 Å². The normalized spacial score (nSPS) is 13.8. The molecule has 0 aliphatic carbocycles. The second-order valence-electron chi connectivity index (χ2n) is 5.93. The van der Waals surface area contributed by atoms with E-state index >= 15 is 0 Å². The minimum Gasteiger partial charge on any atom is -0.495 e. The molecule has 0 radical (unpaired) electrons. The minimum absolute atomic E-state index is 0.248. The number of hydrogen-bond acceptors (Lipinski definition) is 8. The van der Waals surface area contributed by atoms with Crippen LogP contribution >= 0.6 is 0 Å². The van der Waals surface area contributed by atoms with Crippen LogP contribution in [-0.4, -0.2) is 46.1 Å². The van der Waals surface area contributed by atoms with Crippen LogP contribution < -0.4 is 20.9 Å². The standard InChI is InChI=1S/C18H24N2O6S/c1-25-15-5-3-11(7-13(15)19)17(9-21)27(23,24)18(10-22)12-4-6-16(26-2)14(20)8-12/h3-8,17-18,21-22H,9-10,19-20H2,1-2H3. The van der Waals surface area contributed by atoms with Crippen molar-refractivity contribution >= 4 is 21.2 Å². The van der Waals surface area contributed by atoms with Crippen molar-refractivity contribution in [2.45, 2.75) is 10.5 Å². The number of rotatable bonds is 8. The topological polar surface area (TPSA) is 145 Å². The summed E-state index contributed by atoms with van der Waals surface area (Å²) >= 11 is 0. The van der Waals surface area contributed by atoms with Crippen LogP contribution in [0.5, 0.6) is 11.5 Å². The van der Waals surface area contributed by atoms with Crippen LogP contribution in [0.3, 0.4) is 0 Å². The van der Waals surface area contributed by atoms with E-state index < -0.39 is 33.6 Å². The zero-order chi connectivity index (χ0) is 20.2. The molecule has 27 heavy (non-hydrogen) atoms. The Morgan fingerprint density at radius 3 is 1.48 bits per heavy atom. The third-order valence-corrected chi connectivity index (χ3v) is 6.80. The quantitative estimate of drug-likeness (QED) is 0.485. The molecule has 8 nitrogen and oxygen atoms in total. The number of benzene rings is 2. The summed E-state index contributed by atoms with van der Waals surface area (Å²) in [5, 5.41) is 17.0. The first-order valence-electron chi connectivity index (χ1n) is 8.11. The van der Waals surface area contributed by atoms with E-state index in [4.69, 9.17) is 20.9 Å². The van der Waals surface area contributed by atoms with Crippen LogP contribution in [0.1, 0.15) is 21.6 Å². The van der Waals surface area contributed by atoms with Crippen molar-refractivity contribution in [3.63, 3.8) is 0 Å². The SMILES string of the molecule is COc1ccc(C(CO)S(=O)(=O)C(CO)c2ccc(OC)c(N)c2)cc1N. The van der Waals surface area contributed by atoms with E-state index in [1.54, 1.807) is 0 Å². The number of hydrogen-bond donors (Lipinski definition) is 4. The predicted octanol–water partition coefficient (Wildman–Crippen LogP) is 1.05. The predicted molar refractivity (Wildman–Crippen MR) is 103 cm³/mol. The molecule has 0 heterocycles. The molecular formula is C18H24N2O6S. The van der Waals surface area contributed by atoms with Crippen LogP contribution in [0.2, 0.25) is 0 Å². The Kier molecular flexibility index (Phi) is 6.53. The molecule has 2 unspecified atom stereocenters. The molecule has 0 aliphatic rings. The molecule has 0 amide bonds. The van der Waals surface area contributed by atoms with Gasteiger partial charge in [0.15, 0.2) is 9.84 Å². The smallest absolute Gasteiger partial charge is 0.168 e. The van der Waals surface area contributed by atoms with Crippen molar-refractivity contribution in [2.24, 2.45) is 0 Å². The van der Waals surface area contributed by atoms with E-state index in [1.165, 1.54) is 50.6 Å². The van der Waals surface area contributed by atoms with E-state index in [-0.39, 0.29) is 11.4 Å². The zero-order valence-electron chi connectivity index (χ0n) is 15.1. The maximum Gasteiger partial charge on any atom is 0.168 e. The molecule has 0 saturated heterocycles. The van der Waals surface area contributed by atoms with E-state index in [2.05, 4.69) is 0 Å². The average molecular weight is 396 g/mol. The van der Waals surface area contributed by atoms with E-state index in [1.807, 2.05) is 0 Å². The first kappa shape index (κ1) is 20.8. The molecule has 2 rings (SSSR count). The van der Waals surface area contributed by atoms with Gasteiger partial charge < -0.3 is 31.2 Å². The molecule has 2 aromatic carbocycles. The largest absolute Gasteiger partial charge is 0.495 e. The first-order chi connectivity index (χ1) is 12.8. The number of nitrogens with two attached hydrogens (primary N) is 2. The highest BCUT2D eigenvalue weighted by atomic mass is 32.2. The third-order valence-electron chi connectivity index (χ3n) is 4.38.